The van der Waals surface area contributed by atoms with Crippen LogP contribution in [0.1, 0.15) is 57.1 Å². The second-order valence-corrected chi connectivity index (χ2v) is 9.51. The van der Waals surface area contributed by atoms with Crippen LogP contribution in [0, 0.1) is 5.82 Å². The van der Waals surface area contributed by atoms with Gasteiger partial charge in [0, 0.05) is 12.0 Å². The number of rotatable bonds is 9. The van der Waals surface area contributed by atoms with E-state index in [0.29, 0.717) is 16.7 Å². The van der Waals surface area contributed by atoms with E-state index in [0.717, 1.165) is 30.4 Å². The van der Waals surface area contributed by atoms with Crippen LogP contribution in [0.15, 0.2) is 72.8 Å². The van der Waals surface area contributed by atoms with Gasteiger partial charge in [0.05, 0.1) is 12.1 Å². The molecule has 4 rings (SSSR count). The Labute approximate surface area is 218 Å². The van der Waals surface area contributed by atoms with Crippen molar-refractivity contribution in [3.05, 3.63) is 112 Å². The fourth-order valence-corrected chi connectivity index (χ4v) is 4.69. The third-order valence-electron chi connectivity index (χ3n) is 6.66. The summed E-state index contributed by atoms with van der Waals surface area (Å²) in [6.45, 7) is 0. The number of nitrogens with one attached hydrogen (secondary N) is 1. The van der Waals surface area contributed by atoms with Gasteiger partial charge in [-0.2, -0.15) is 8.78 Å². The first-order valence-corrected chi connectivity index (χ1v) is 12.4. The Morgan fingerprint density at radius 2 is 1.71 bits per heavy atom. The molecule has 1 aliphatic rings. The maximum atomic E-state index is 13.7. The van der Waals surface area contributed by atoms with Crippen LogP contribution in [-0.2, 0) is 19.3 Å². The van der Waals surface area contributed by atoms with Gasteiger partial charge >= 0.3 is 12.3 Å². The van der Waals surface area contributed by atoms with Gasteiger partial charge in [-0.3, -0.25) is 4.79 Å². The minimum atomic E-state index is -4.18. The third-order valence-corrected chi connectivity index (χ3v) is 6.66. The van der Waals surface area contributed by atoms with Gasteiger partial charge in [0.1, 0.15) is 5.82 Å². The molecule has 2 N–H and O–H groups in total. The molecular weight excluding hydrogens is 501 g/mol. The maximum absolute atomic E-state index is 13.7. The zero-order valence-corrected chi connectivity index (χ0v) is 20.5. The number of halogens is 5. The molecule has 0 aliphatic heterocycles. The Morgan fingerprint density at radius 3 is 2.45 bits per heavy atom. The first-order chi connectivity index (χ1) is 18.1. The van der Waals surface area contributed by atoms with E-state index in [1.807, 2.05) is 18.2 Å². The standard InChI is InChI=1S/C30H28F5NO2/c31-23-14-12-22(13-15-23)27(37)26(17-19-6-4-7-20(16-19)18-30(34,35)29(32)33)36-28(38)25-11-5-9-21-8-2-1-3-10-24(21)25/h3-7,9-16,26-27,29,37H,1-2,8,17-18H2,(H,36,38). The number of aryl methyl sites for hydroxylation is 1. The lowest BCUT2D eigenvalue weighted by Crippen LogP contribution is -2.41. The molecular formula is C30H28F5NO2. The van der Waals surface area contributed by atoms with Crippen molar-refractivity contribution in [3.63, 3.8) is 0 Å². The fourth-order valence-electron chi connectivity index (χ4n) is 4.69. The summed E-state index contributed by atoms with van der Waals surface area (Å²) in [5, 5.41) is 14.0. The third kappa shape index (κ3) is 6.67. The van der Waals surface area contributed by atoms with E-state index in [2.05, 4.69) is 5.32 Å². The molecule has 8 heteroatoms. The Balaban J connectivity index is 1.63. The molecule has 0 fully saturated rings. The van der Waals surface area contributed by atoms with Crippen LogP contribution >= 0.6 is 0 Å². The van der Waals surface area contributed by atoms with Gasteiger partial charge in [-0.05, 0) is 71.7 Å². The van der Waals surface area contributed by atoms with Gasteiger partial charge in [-0.25, -0.2) is 13.2 Å². The lowest BCUT2D eigenvalue weighted by atomic mass is 9.93. The number of allylic oxidation sites excluding steroid dienone is 1. The van der Waals surface area contributed by atoms with Crippen LogP contribution in [0.2, 0.25) is 0 Å². The van der Waals surface area contributed by atoms with E-state index in [1.165, 1.54) is 42.5 Å². The summed E-state index contributed by atoms with van der Waals surface area (Å²) in [5.74, 6) is -5.11. The summed E-state index contributed by atoms with van der Waals surface area (Å²) in [6.07, 6.45) is 0.410. The molecule has 200 valence electrons. The Bertz CT molecular complexity index is 1290. The molecule has 0 radical (unpaired) electrons. The van der Waals surface area contributed by atoms with Crippen LogP contribution in [-0.4, -0.2) is 29.4 Å². The van der Waals surface area contributed by atoms with Gasteiger partial charge in [0.2, 0.25) is 0 Å². The molecule has 0 saturated heterocycles. The van der Waals surface area contributed by atoms with Crippen molar-refractivity contribution in [3.8, 4) is 0 Å². The summed E-state index contributed by atoms with van der Waals surface area (Å²) >= 11 is 0. The number of carbonyl (C=O) groups excluding carboxylic acids is 1. The molecule has 0 aromatic heterocycles. The summed E-state index contributed by atoms with van der Waals surface area (Å²) in [5.41, 5.74) is 3.09. The highest BCUT2D eigenvalue weighted by molar-refractivity contribution is 5.98. The lowest BCUT2D eigenvalue weighted by molar-refractivity contribution is -0.127. The number of amides is 1. The van der Waals surface area contributed by atoms with Crippen LogP contribution in [0.5, 0.6) is 0 Å². The molecule has 38 heavy (non-hydrogen) atoms. The van der Waals surface area contributed by atoms with Crippen LogP contribution in [0.4, 0.5) is 22.0 Å². The number of carbonyl (C=O) groups is 1. The quantitative estimate of drug-likeness (QED) is 0.304. The zero-order chi connectivity index (χ0) is 27.3. The molecule has 0 heterocycles. The van der Waals surface area contributed by atoms with E-state index in [4.69, 9.17) is 0 Å². The van der Waals surface area contributed by atoms with E-state index in [9.17, 15) is 31.9 Å². The largest absolute Gasteiger partial charge is 0.386 e. The summed E-state index contributed by atoms with van der Waals surface area (Å²) in [6, 6.07) is 15.5. The number of alkyl halides is 4. The summed E-state index contributed by atoms with van der Waals surface area (Å²) in [7, 11) is 0. The number of benzene rings is 3. The molecule has 0 saturated carbocycles. The number of hydrogen-bond donors (Lipinski definition) is 2. The van der Waals surface area contributed by atoms with E-state index < -0.39 is 42.6 Å². The first-order valence-electron chi connectivity index (χ1n) is 12.4. The van der Waals surface area contributed by atoms with Crippen molar-refractivity contribution in [2.45, 2.75) is 56.6 Å². The highest BCUT2D eigenvalue weighted by atomic mass is 19.3. The molecule has 3 nitrogen and oxygen atoms in total. The van der Waals surface area contributed by atoms with Crippen molar-refractivity contribution < 1.29 is 31.9 Å². The van der Waals surface area contributed by atoms with E-state index in [1.54, 1.807) is 18.2 Å². The van der Waals surface area contributed by atoms with Gasteiger partial charge < -0.3 is 10.4 Å². The predicted molar refractivity (Wildman–Crippen MR) is 136 cm³/mol. The molecule has 1 amide bonds. The van der Waals surface area contributed by atoms with E-state index >= 15 is 0 Å². The predicted octanol–water partition coefficient (Wildman–Crippen LogP) is 6.69. The van der Waals surface area contributed by atoms with Gasteiger partial charge in [0.15, 0.2) is 0 Å². The normalized spacial score (nSPS) is 15.0. The zero-order valence-electron chi connectivity index (χ0n) is 20.5. The van der Waals surface area contributed by atoms with Crippen LogP contribution in [0.3, 0.4) is 0 Å². The molecule has 1 aliphatic carbocycles. The first kappa shape index (κ1) is 27.5. The minimum Gasteiger partial charge on any atom is -0.386 e. The van der Waals surface area contributed by atoms with Crippen LogP contribution in [0.25, 0.3) is 6.08 Å². The molecule has 0 spiro atoms. The van der Waals surface area contributed by atoms with Crippen LogP contribution < -0.4 is 5.32 Å². The van der Waals surface area contributed by atoms with Crippen molar-refractivity contribution in [1.29, 1.82) is 0 Å². The van der Waals surface area contributed by atoms with Gasteiger partial charge in [-0.1, -0.05) is 60.7 Å². The van der Waals surface area contributed by atoms with Gasteiger partial charge in [-0.15, -0.1) is 0 Å². The van der Waals surface area contributed by atoms with Crippen molar-refractivity contribution in [2.24, 2.45) is 0 Å². The molecule has 0 bridgehead atoms. The molecule has 3 aromatic carbocycles. The van der Waals surface area contributed by atoms with Crippen molar-refractivity contribution >= 4 is 12.0 Å². The number of aliphatic hydroxyl groups excluding tert-OH is 1. The number of fused-ring (bicyclic) bond motifs is 1. The summed E-state index contributed by atoms with van der Waals surface area (Å²) < 4.78 is 66.2. The minimum absolute atomic E-state index is 0.00710. The van der Waals surface area contributed by atoms with Gasteiger partial charge in [0.25, 0.3) is 5.91 Å². The smallest absolute Gasteiger partial charge is 0.311 e. The fraction of sp³-hybridized carbons (Fsp3) is 0.300. The lowest BCUT2D eigenvalue weighted by Gasteiger charge is -2.26. The average Bonchev–Trinajstić information content (AvgIpc) is 3.14. The Kier molecular flexibility index (Phi) is 8.62. The second-order valence-electron chi connectivity index (χ2n) is 9.51. The maximum Gasteiger partial charge on any atom is 0.311 e. The monoisotopic (exact) mass is 529 g/mol. The second kappa shape index (κ2) is 11.9. The Hall–Kier alpha value is -3.52. The number of hydrogen-bond acceptors (Lipinski definition) is 2. The topological polar surface area (TPSA) is 49.3 Å². The van der Waals surface area contributed by atoms with Crippen molar-refractivity contribution in [1.82, 2.24) is 5.32 Å². The van der Waals surface area contributed by atoms with Crippen molar-refractivity contribution in [2.75, 3.05) is 0 Å². The number of aliphatic hydroxyl groups is 1. The average molecular weight is 530 g/mol. The molecule has 3 aromatic rings. The summed E-state index contributed by atoms with van der Waals surface area (Å²) in [4.78, 5) is 13.5. The van der Waals surface area contributed by atoms with E-state index in [-0.39, 0.29) is 12.0 Å². The molecule has 2 atom stereocenters. The SMILES string of the molecule is O=C(NC(Cc1cccc(CC(F)(F)C(F)F)c1)C(O)c1ccc(F)cc1)c1cccc2c1C=CCCC2. The highest BCUT2D eigenvalue weighted by Crippen LogP contribution is 2.29. The molecule has 2 unspecified atom stereocenters. The highest BCUT2D eigenvalue weighted by Gasteiger charge is 2.40. The Morgan fingerprint density at radius 1 is 1.00 bits per heavy atom.